The molecule has 0 spiro atoms. The molecule has 1 heterocycles. The van der Waals surface area contributed by atoms with Gasteiger partial charge in [0.05, 0.1) is 7.11 Å². The fraction of sp³-hybridized carbons (Fsp3) is 0.333. The fourth-order valence-electron chi connectivity index (χ4n) is 0.687. The molecule has 1 aliphatic rings. The largest absolute Gasteiger partial charge is 0.468 e. The second-order valence-corrected chi connectivity index (χ2v) is 1.99. The van der Waals surface area contributed by atoms with E-state index in [0.29, 0.717) is 0 Å². The van der Waals surface area contributed by atoms with Gasteiger partial charge in [-0.25, -0.2) is 10.2 Å². The molecule has 0 aliphatic carbocycles. The van der Waals surface area contributed by atoms with Crippen molar-refractivity contribution in [1.29, 1.82) is 0 Å². The van der Waals surface area contributed by atoms with Crippen LogP contribution < -0.4 is 10.9 Å². The molecule has 1 amide bonds. The lowest BCUT2D eigenvalue weighted by Crippen LogP contribution is -2.50. The molecule has 0 saturated carbocycles. The normalized spacial score (nSPS) is 22.6. The van der Waals surface area contributed by atoms with Crippen LogP contribution in [-0.4, -0.2) is 25.0 Å². The average Bonchev–Trinajstić information content (AvgIpc) is 2.05. The number of ether oxygens (including phenoxy) is 1. The van der Waals surface area contributed by atoms with Crippen molar-refractivity contribution in [3.63, 3.8) is 0 Å². The number of hydrogen-bond acceptors (Lipinski definition) is 4. The highest BCUT2D eigenvalue weighted by atomic mass is 16.5. The van der Waals surface area contributed by atoms with E-state index >= 15 is 0 Å². The molecule has 1 atom stereocenters. The molecule has 0 unspecified atom stereocenters. The molecule has 0 saturated heterocycles. The van der Waals surface area contributed by atoms with Crippen molar-refractivity contribution < 1.29 is 14.3 Å². The Morgan fingerprint density at radius 3 is 2.91 bits per heavy atom. The van der Waals surface area contributed by atoms with Gasteiger partial charge in [0.2, 0.25) is 0 Å². The zero-order chi connectivity index (χ0) is 8.27. The van der Waals surface area contributed by atoms with Gasteiger partial charge in [-0.15, -0.1) is 0 Å². The number of amides is 1. The van der Waals surface area contributed by atoms with Gasteiger partial charge < -0.3 is 4.74 Å². The molecule has 0 aromatic carbocycles. The van der Waals surface area contributed by atoms with Crippen LogP contribution in [0.3, 0.4) is 0 Å². The summed E-state index contributed by atoms with van der Waals surface area (Å²) in [6.45, 7) is 0. The van der Waals surface area contributed by atoms with Gasteiger partial charge in [-0.3, -0.25) is 10.2 Å². The number of carbonyl (C=O) groups is 2. The molecular formula is C6H8N2O3. The summed E-state index contributed by atoms with van der Waals surface area (Å²) in [5.74, 6) is -0.702. The van der Waals surface area contributed by atoms with Crippen molar-refractivity contribution in [2.75, 3.05) is 7.11 Å². The van der Waals surface area contributed by atoms with Crippen molar-refractivity contribution in [2.45, 2.75) is 6.04 Å². The third kappa shape index (κ3) is 1.78. The molecule has 11 heavy (non-hydrogen) atoms. The van der Waals surface area contributed by atoms with Crippen LogP contribution in [0.4, 0.5) is 0 Å². The predicted octanol–water partition coefficient (Wildman–Crippen LogP) is -1.28. The van der Waals surface area contributed by atoms with E-state index < -0.39 is 12.0 Å². The lowest BCUT2D eigenvalue weighted by atomic mass is 10.2. The molecule has 0 fully saturated rings. The first-order valence-electron chi connectivity index (χ1n) is 3.05. The second-order valence-electron chi connectivity index (χ2n) is 1.99. The van der Waals surface area contributed by atoms with Crippen molar-refractivity contribution >= 4 is 11.9 Å². The average molecular weight is 156 g/mol. The van der Waals surface area contributed by atoms with Crippen molar-refractivity contribution in [3.05, 3.63) is 12.2 Å². The van der Waals surface area contributed by atoms with Crippen LogP contribution in [0.1, 0.15) is 0 Å². The van der Waals surface area contributed by atoms with Gasteiger partial charge >= 0.3 is 5.97 Å². The van der Waals surface area contributed by atoms with E-state index in [1.807, 2.05) is 0 Å². The highest BCUT2D eigenvalue weighted by Gasteiger charge is 2.18. The summed E-state index contributed by atoms with van der Waals surface area (Å²) < 4.78 is 4.42. The first-order valence-corrected chi connectivity index (χ1v) is 3.05. The summed E-state index contributed by atoms with van der Waals surface area (Å²) in [5.41, 5.74) is 4.73. The van der Waals surface area contributed by atoms with Crippen LogP contribution >= 0.6 is 0 Å². The maximum Gasteiger partial charge on any atom is 0.328 e. The molecule has 0 bridgehead atoms. The highest BCUT2D eigenvalue weighted by Crippen LogP contribution is 1.92. The summed E-state index contributed by atoms with van der Waals surface area (Å²) in [5, 5.41) is 0. The molecule has 2 N–H and O–H groups in total. The van der Waals surface area contributed by atoms with Crippen LogP contribution in [0.2, 0.25) is 0 Å². The predicted molar refractivity (Wildman–Crippen MR) is 36.2 cm³/mol. The van der Waals surface area contributed by atoms with Crippen LogP contribution in [0.15, 0.2) is 12.2 Å². The summed E-state index contributed by atoms with van der Waals surface area (Å²) >= 11 is 0. The quantitative estimate of drug-likeness (QED) is 0.464. The Bertz CT molecular complexity index is 212. The molecule has 60 valence electrons. The van der Waals surface area contributed by atoms with Crippen molar-refractivity contribution in [3.8, 4) is 0 Å². The number of esters is 1. The molecule has 0 aromatic rings. The number of rotatable bonds is 1. The summed E-state index contributed by atoms with van der Waals surface area (Å²) in [6, 6.07) is -0.572. The lowest BCUT2D eigenvalue weighted by Gasteiger charge is -2.15. The van der Waals surface area contributed by atoms with Crippen LogP contribution in [-0.2, 0) is 14.3 Å². The highest BCUT2D eigenvalue weighted by molar-refractivity contribution is 5.91. The number of carbonyl (C=O) groups excluding carboxylic acids is 2. The Balaban J connectivity index is 2.57. The molecule has 0 radical (unpaired) electrons. The lowest BCUT2D eigenvalue weighted by molar-refractivity contribution is -0.142. The Kier molecular flexibility index (Phi) is 2.22. The fourth-order valence-corrected chi connectivity index (χ4v) is 0.687. The third-order valence-corrected chi connectivity index (χ3v) is 1.25. The van der Waals surface area contributed by atoms with Crippen LogP contribution in [0.25, 0.3) is 0 Å². The monoisotopic (exact) mass is 156 g/mol. The SMILES string of the molecule is COC(=O)[C@H]1C=CC(=O)NN1. The first-order chi connectivity index (χ1) is 5.24. The minimum atomic E-state index is -0.572. The number of hydrogen-bond donors (Lipinski definition) is 2. The number of methoxy groups -OCH3 is 1. The summed E-state index contributed by atoms with van der Waals surface area (Å²) in [6.07, 6.45) is 2.71. The molecule has 1 rings (SSSR count). The van der Waals surface area contributed by atoms with Gasteiger partial charge in [-0.1, -0.05) is 0 Å². The zero-order valence-corrected chi connectivity index (χ0v) is 5.96. The molecular weight excluding hydrogens is 148 g/mol. The van der Waals surface area contributed by atoms with Gasteiger partial charge in [0.25, 0.3) is 5.91 Å². The van der Waals surface area contributed by atoms with Gasteiger partial charge in [0.1, 0.15) is 6.04 Å². The third-order valence-electron chi connectivity index (χ3n) is 1.25. The van der Waals surface area contributed by atoms with E-state index in [0.717, 1.165) is 0 Å². The maximum absolute atomic E-state index is 10.8. The zero-order valence-electron chi connectivity index (χ0n) is 5.96. The minimum Gasteiger partial charge on any atom is -0.468 e. The van der Waals surface area contributed by atoms with E-state index in [4.69, 9.17) is 0 Å². The van der Waals surface area contributed by atoms with E-state index in [1.54, 1.807) is 0 Å². The Morgan fingerprint density at radius 2 is 2.45 bits per heavy atom. The van der Waals surface area contributed by atoms with E-state index in [-0.39, 0.29) is 5.91 Å². The molecule has 1 aliphatic heterocycles. The standard InChI is InChI=1S/C6H8N2O3/c1-11-6(10)4-2-3-5(9)8-7-4/h2-4,7H,1H3,(H,8,9)/t4-/m1/s1. The molecule has 0 aromatic heterocycles. The smallest absolute Gasteiger partial charge is 0.328 e. The number of hydrazine groups is 1. The Labute approximate surface area is 63.4 Å². The van der Waals surface area contributed by atoms with E-state index in [2.05, 4.69) is 15.6 Å². The Morgan fingerprint density at radius 1 is 1.73 bits per heavy atom. The topological polar surface area (TPSA) is 67.4 Å². The van der Waals surface area contributed by atoms with Gasteiger partial charge in [0.15, 0.2) is 0 Å². The van der Waals surface area contributed by atoms with Crippen LogP contribution in [0.5, 0.6) is 0 Å². The van der Waals surface area contributed by atoms with Gasteiger partial charge in [0, 0.05) is 6.08 Å². The van der Waals surface area contributed by atoms with Crippen molar-refractivity contribution in [2.24, 2.45) is 0 Å². The number of nitrogens with one attached hydrogen (secondary N) is 2. The van der Waals surface area contributed by atoms with Crippen LogP contribution in [0, 0.1) is 0 Å². The second kappa shape index (κ2) is 3.16. The summed E-state index contributed by atoms with van der Waals surface area (Å²) in [4.78, 5) is 21.3. The minimum absolute atomic E-state index is 0.273. The van der Waals surface area contributed by atoms with Crippen molar-refractivity contribution in [1.82, 2.24) is 10.9 Å². The van der Waals surface area contributed by atoms with E-state index in [9.17, 15) is 9.59 Å². The van der Waals surface area contributed by atoms with Gasteiger partial charge in [-0.2, -0.15) is 0 Å². The van der Waals surface area contributed by atoms with Gasteiger partial charge in [-0.05, 0) is 6.08 Å². The first kappa shape index (κ1) is 7.74. The Hall–Kier alpha value is -1.36. The molecule has 5 heteroatoms. The summed E-state index contributed by atoms with van der Waals surface area (Å²) in [7, 11) is 1.29. The molecule has 5 nitrogen and oxygen atoms in total. The van der Waals surface area contributed by atoms with E-state index in [1.165, 1.54) is 19.3 Å². The maximum atomic E-state index is 10.8.